The number of nitrogens with one attached hydrogen (secondary N) is 1. The minimum atomic E-state index is 0. The van der Waals surface area contributed by atoms with Crippen molar-refractivity contribution in [3.05, 3.63) is 54.1 Å². The second-order valence-corrected chi connectivity index (χ2v) is 7.10. The minimum Gasteiger partial charge on any atom is -0.356 e. The third-order valence-corrected chi connectivity index (χ3v) is 5.17. The van der Waals surface area contributed by atoms with Gasteiger partial charge in [0.15, 0.2) is 5.96 Å². The largest absolute Gasteiger partial charge is 0.356 e. The van der Waals surface area contributed by atoms with Crippen LogP contribution in [0.1, 0.15) is 24.2 Å². The first-order valence-electron chi connectivity index (χ1n) is 9.96. The maximum atomic E-state index is 4.48. The Morgan fingerprint density at radius 1 is 1.11 bits per heavy atom. The summed E-state index contributed by atoms with van der Waals surface area (Å²) in [6.45, 7) is 9.30. The van der Waals surface area contributed by atoms with E-state index in [1.54, 1.807) is 0 Å². The molecule has 1 aliphatic heterocycles. The molecule has 0 aliphatic carbocycles. The van der Waals surface area contributed by atoms with Crippen LogP contribution in [0.15, 0.2) is 47.7 Å². The summed E-state index contributed by atoms with van der Waals surface area (Å²) in [4.78, 5) is 13.6. The highest BCUT2D eigenvalue weighted by atomic mass is 127. The fourth-order valence-corrected chi connectivity index (χ4v) is 3.54. The fourth-order valence-electron chi connectivity index (χ4n) is 3.54. The summed E-state index contributed by atoms with van der Waals surface area (Å²) in [6, 6.07) is 10.7. The highest BCUT2D eigenvalue weighted by Crippen LogP contribution is 2.08. The van der Waals surface area contributed by atoms with Crippen molar-refractivity contribution in [1.82, 2.24) is 24.7 Å². The third-order valence-electron chi connectivity index (χ3n) is 5.17. The van der Waals surface area contributed by atoms with Crippen LogP contribution in [-0.2, 0) is 13.1 Å². The van der Waals surface area contributed by atoms with E-state index in [1.807, 2.05) is 13.2 Å². The monoisotopic (exact) mass is 496 g/mol. The number of guanidine groups is 1. The molecule has 1 saturated heterocycles. The van der Waals surface area contributed by atoms with Crippen molar-refractivity contribution in [2.45, 2.75) is 32.9 Å². The Balaban J connectivity index is 0.00000280. The van der Waals surface area contributed by atoms with Crippen molar-refractivity contribution >= 4 is 29.9 Å². The molecule has 1 aliphatic rings. The lowest BCUT2D eigenvalue weighted by Gasteiger charge is -2.36. The summed E-state index contributed by atoms with van der Waals surface area (Å²) in [5.41, 5.74) is 1.39. The second-order valence-electron chi connectivity index (χ2n) is 7.10. The number of piperazine rings is 1. The maximum Gasteiger partial charge on any atom is 0.193 e. The van der Waals surface area contributed by atoms with E-state index in [1.165, 1.54) is 5.56 Å². The van der Waals surface area contributed by atoms with E-state index in [9.17, 15) is 0 Å². The number of hydrogen-bond acceptors (Lipinski definition) is 3. The highest BCUT2D eigenvalue weighted by molar-refractivity contribution is 14.0. The lowest BCUT2D eigenvalue weighted by molar-refractivity contribution is 0.172. The molecule has 6 nitrogen and oxygen atoms in total. The first kappa shape index (κ1) is 22.7. The van der Waals surface area contributed by atoms with Gasteiger partial charge in [0.25, 0.3) is 0 Å². The molecule has 1 N–H and O–H groups in total. The molecule has 2 heterocycles. The summed E-state index contributed by atoms with van der Waals surface area (Å²) in [6.07, 6.45) is 6.19. The minimum absolute atomic E-state index is 0. The summed E-state index contributed by atoms with van der Waals surface area (Å²) in [7, 11) is 1.88. The summed E-state index contributed by atoms with van der Waals surface area (Å²) < 4.78 is 2.21. The molecular weight excluding hydrogens is 463 g/mol. The Kier molecular flexibility index (Phi) is 9.77. The van der Waals surface area contributed by atoms with Crippen molar-refractivity contribution in [2.24, 2.45) is 4.99 Å². The average molecular weight is 496 g/mol. The van der Waals surface area contributed by atoms with E-state index in [-0.39, 0.29) is 24.0 Å². The van der Waals surface area contributed by atoms with Crippen molar-refractivity contribution in [1.29, 1.82) is 0 Å². The van der Waals surface area contributed by atoms with Crippen molar-refractivity contribution in [3.8, 4) is 0 Å². The topological polar surface area (TPSA) is 48.7 Å². The van der Waals surface area contributed by atoms with Crippen LogP contribution < -0.4 is 5.32 Å². The van der Waals surface area contributed by atoms with Crippen LogP contribution >= 0.6 is 24.0 Å². The Morgan fingerprint density at radius 3 is 2.50 bits per heavy atom. The number of nitrogens with zero attached hydrogens (tertiary/aromatic N) is 5. The zero-order valence-electron chi connectivity index (χ0n) is 17.0. The molecular formula is C21H33IN6. The molecule has 7 heteroatoms. The Labute approximate surface area is 186 Å². The first-order chi connectivity index (χ1) is 13.3. The van der Waals surface area contributed by atoms with Gasteiger partial charge in [-0.3, -0.25) is 9.89 Å². The van der Waals surface area contributed by atoms with Gasteiger partial charge in [-0.15, -0.1) is 24.0 Å². The van der Waals surface area contributed by atoms with E-state index < -0.39 is 0 Å². The summed E-state index contributed by atoms with van der Waals surface area (Å²) in [5, 5.41) is 3.53. The number of hydrogen-bond donors (Lipinski definition) is 1. The molecule has 0 amide bonds. The maximum absolute atomic E-state index is 4.48. The van der Waals surface area contributed by atoms with Gasteiger partial charge in [-0.1, -0.05) is 30.3 Å². The smallest absolute Gasteiger partial charge is 0.193 e. The Bertz CT molecular complexity index is 707. The molecule has 0 radical (unpaired) electrons. The van der Waals surface area contributed by atoms with Crippen molar-refractivity contribution in [2.75, 3.05) is 39.8 Å². The average Bonchev–Trinajstić information content (AvgIpc) is 3.11. The van der Waals surface area contributed by atoms with E-state index in [4.69, 9.17) is 0 Å². The van der Waals surface area contributed by atoms with Gasteiger partial charge in [-0.25, -0.2) is 4.98 Å². The standard InChI is InChI=1S/C21H32N6.HI/c1-19-23-11-13-26(19)12-7-6-10-24-21(22-2)27-16-14-25(15-17-27)18-20-8-4-3-5-9-20;/h3-5,8-9,11,13H,6-7,10,12,14-18H2,1-2H3,(H,22,24);1H. The van der Waals surface area contributed by atoms with Crippen LogP contribution in [0.25, 0.3) is 0 Å². The number of aryl methyl sites for hydroxylation is 2. The van der Waals surface area contributed by atoms with Gasteiger partial charge in [0.05, 0.1) is 0 Å². The molecule has 0 atom stereocenters. The predicted molar refractivity (Wildman–Crippen MR) is 126 cm³/mol. The van der Waals surface area contributed by atoms with Crippen LogP contribution in [0, 0.1) is 6.92 Å². The third kappa shape index (κ3) is 6.77. The van der Waals surface area contributed by atoms with E-state index in [0.717, 1.165) is 70.4 Å². The van der Waals surface area contributed by atoms with Crippen LogP contribution in [0.3, 0.4) is 0 Å². The van der Waals surface area contributed by atoms with Gasteiger partial charge in [0.1, 0.15) is 5.82 Å². The van der Waals surface area contributed by atoms with Crippen LogP contribution in [0.2, 0.25) is 0 Å². The predicted octanol–water partition coefficient (Wildman–Crippen LogP) is 2.98. The number of imidazole rings is 1. The van der Waals surface area contributed by atoms with Gasteiger partial charge < -0.3 is 14.8 Å². The summed E-state index contributed by atoms with van der Waals surface area (Å²) >= 11 is 0. The normalized spacial score (nSPS) is 15.4. The lowest BCUT2D eigenvalue weighted by atomic mass is 10.2. The first-order valence-corrected chi connectivity index (χ1v) is 9.96. The summed E-state index contributed by atoms with van der Waals surface area (Å²) in [5.74, 6) is 2.13. The van der Waals surface area contributed by atoms with Gasteiger partial charge in [-0.05, 0) is 25.3 Å². The van der Waals surface area contributed by atoms with Gasteiger partial charge in [0, 0.05) is 65.3 Å². The molecule has 2 aromatic rings. The fraction of sp³-hybridized carbons (Fsp3) is 0.524. The molecule has 1 fully saturated rings. The number of benzene rings is 1. The molecule has 1 aromatic heterocycles. The number of halogens is 1. The number of aliphatic imine (C=N–C) groups is 1. The van der Waals surface area contributed by atoms with Crippen molar-refractivity contribution in [3.63, 3.8) is 0 Å². The van der Waals surface area contributed by atoms with Gasteiger partial charge >= 0.3 is 0 Å². The number of unbranched alkanes of at least 4 members (excludes halogenated alkanes) is 1. The molecule has 0 unspecified atom stereocenters. The second kappa shape index (κ2) is 12.1. The lowest BCUT2D eigenvalue weighted by Crippen LogP contribution is -2.52. The molecule has 0 bridgehead atoms. The van der Waals surface area contributed by atoms with Crippen LogP contribution in [-0.4, -0.2) is 65.1 Å². The van der Waals surface area contributed by atoms with Crippen LogP contribution in [0.4, 0.5) is 0 Å². The number of rotatable bonds is 7. The van der Waals surface area contributed by atoms with Gasteiger partial charge in [-0.2, -0.15) is 0 Å². The van der Waals surface area contributed by atoms with E-state index >= 15 is 0 Å². The Hall–Kier alpha value is -1.61. The molecule has 0 spiro atoms. The number of aromatic nitrogens is 2. The van der Waals surface area contributed by atoms with Crippen LogP contribution in [0.5, 0.6) is 0 Å². The van der Waals surface area contributed by atoms with E-state index in [0.29, 0.717) is 0 Å². The van der Waals surface area contributed by atoms with Crippen molar-refractivity contribution < 1.29 is 0 Å². The molecule has 3 rings (SSSR count). The Morgan fingerprint density at radius 2 is 1.86 bits per heavy atom. The van der Waals surface area contributed by atoms with E-state index in [2.05, 4.69) is 73.1 Å². The molecule has 0 saturated carbocycles. The molecule has 28 heavy (non-hydrogen) atoms. The highest BCUT2D eigenvalue weighted by Gasteiger charge is 2.19. The zero-order chi connectivity index (χ0) is 18.9. The SMILES string of the molecule is CN=C(NCCCCn1ccnc1C)N1CCN(Cc2ccccc2)CC1.I. The quantitative estimate of drug-likeness (QED) is 0.277. The van der Waals surface area contributed by atoms with Gasteiger partial charge in [0.2, 0.25) is 0 Å². The molecule has 154 valence electrons. The molecule has 1 aromatic carbocycles. The zero-order valence-corrected chi connectivity index (χ0v) is 19.4.